The van der Waals surface area contributed by atoms with Gasteiger partial charge in [-0.15, -0.1) is 0 Å². The molecule has 0 aliphatic rings. The van der Waals surface area contributed by atoms with Gasteiger partial charge in [0.05, 0.1) is 12.0 Å². The molecule has 1 aromatic heterocycles. The van der Waals surface area contributed by atoms with Crippen molar-refractivity contribution in [3.05, 3.63) is 94.7 Å². The second-order valence-electron chi connectivity index (χ2n) is 11.3. The van der Waals surface area contributed by atoms with Crippen molar-refractivity contribution in [3.63, 3.8) is 0 Å². The Bertz CT molecular complexity index is 1740. The number of carbonyl (C=O) groups excluding carboxylic acids is 2. The first-order chi connectivity index (χ1) is 20.4. The highest BCUT2D eigenvalue weighted by molar-refractivity contribution is 7.90. The van der Waals surface area contributed by atoms with Crippen LogP contribution in [0.4, 0.5) is 0 Å². The van der Waals surface area contributed by atoms with E-state index in [4.69, 9.17) is 4.74 Å². The van der Waals surface area contributed by atoms with Gasteiger partial charge in [0.2, 0.25) is 5.91 Å². The molecule has 2 N–H and O–H groups in total. The van der Waals surface area contributed by atoms with Gasteiger partial charge in [0.25, 0.3) is 15.9 Å². The second kappa shape index (κ2) is 13.5. The van der Waals surface area contributed by atoms with Crippen LogP contribution in [0.15, 0.2) is 71.8 Å². The molecule has 43 heavy (non-hydrogen) atoms. The number of aryl methyl sites for hydroxylation is 1. The van der Waals surface area contributed by atoms with Gasteiger partial charge >= 0.3 is 0 Å². The molecule has 4 rings (SSSR count). The fourth-order valence-corrected chi connectivity index (χ4v) is 6.49. The van der Waals surface area contributed by atoms with Gasteiger partial charge in [-0.2, -0.15) is 0 Å². The summed E-state index contributed by atoms with van der Waals surface area (Å²) in [6.45, 7) is 10.6. The molecule has 228 valence electrons. The quantitative estimate of drug-likeness (QED) is 0.208. The van der Waals surface area contributed by atoms with Crippen molar-refractivity contribution in [2.45, 2.75) is 64.8 Å². The molecule has 0 saturated carbocycles. The molecule has 3 aromatic carbocycles. The summed E-state index contributed by atoms with van der Waals surface area (Å²) in [5, 5.41) is 4.08. The van der Waals surface area contributed by atoms with Crippen LogP contribution in [0.3, 0.4) is 0 Å². The lowest BCUT2D eigenvalue weighted by atomic mass is 9.96. The summed E-state index contributed by atoms with van der Waals surface area (Å²) < 4.78 is 35.8. The molecule has 0 fully saturated rings. The van der Waals surface area contributed by atoms with Crippen molar-refractivity contribution in [2.75, 3.05) is 13.7 Å². The van der Waals surface area contributed by atoms with Gasteiger partial charge in [-0.1, -0.05) is 44.2 Å². The molecule has 4 aromatic rings. The number of aromatic nitrogens is 1. The van der Waals surface area contributed by atoms with Crippen molar-refractivity contribution in [1.29, 1.82) is 0 Å². The normalized spacial score (nSPS) is 12.3. The van der Waals surface area contributed by atoms with Crippen LogP contribution in [0.1, 0.15) is 72.8 Å². The Kier molecular flexibility index (Phi) is 9.96. The lowest BCUT2D eigenvalue weighted by Gasteiger charge is -2.13. The van der Waals surface area contributed by atoms with E-state index in [9.17, 15) is 18.0 Å². The van der Waals surface area contributed by atoms with Crippen LogP contribution in [0.2, 0.25) is 0 Å². The molecule has 1 atom stereocenters. The monoisotopic (exact) mass is 603 g/mol. The van der Waals surface area contributed by atoms with Crippen molar-refractivity contribution in [1.82, 2.24) is 14.6 Å². The summed E-state index contributed by atoms with van der Waals surface area (Å²) in [5.74, 6) is -0.328. The zero-order valence-electron chi connectivity index (χ0n) is 25.7. The SMILES string of the molecule is CCCNC(=O)C(C)Cc1ccc2c(c1)c(Cc1ccc(C(=O)NS(=O)(=O)c3ccccc3C)cc1OC)cn2C(C)C. The van der Waals surface area contributed by atoms with Crippen molar-refractivity contribution < 1.29 is 22.7 Å². The van der Waals surface area contributed by atoms with Gasteiger partial charge in [0, 0.05) is 47.6 Å². The number of methoxy groups -OCH3 is 1. The third kappa shape index (κ3) is 7.28. The van der Waals surface area contributed by atoms with Crippen LogP contribution < -0.4 is 14.8 Å². The van der Waals surface area contributed by atoms with Crippen LogP contribution >= 0.6 is 0 Å². The predicted molar refractivity (Wildman–Crippen MR) is 170 cm³/mol. The summed E-state index contributed by atoms with van der Waals surface area (Å²) in [6.07, 6.45) is 4.22. The van der Waals surface area contributed by atoms with Crippen LogP contribution in [0, 0.1) is 12.8 Å². The van der Waals surface area contributed by atoms with E-state index in [1.807, 2.05) is 13.8 Å². The zero-order chi connectivity index (χ0) is 31.3. The minimum Gasteiger partial charge on any atom is -0.496 e. The van der Waals surface area contributed by atoms with E-state index in [-0.39, 0.29) is 28.3 Å². The predicted octanol–water partition coefficient (Wildman–Crippen LogP) is 5.95. The molecule has 1 heterocycles. The average Bonchev–Trinajstić information content (AvgIpc) is 3.33. The third-order valence-electron chi connectivity index (χ3n) is 7.62. The average molecular weight is 604 g/mol. The molecule has 2 amide bonds. The minimum atomic E-state index is -4.04. The molecular weight excluding hydrogens is 562 g/mol. The topological polar surface area (TPSA) is 106 Å². The maximum absolute atomic E-state index is 13.0. The Morgan fingerprint density at radius 2 is 1.72 bits per heavy atom. The van der Waals surface area contributed by atoms with Crippen LogP contribution in [0.25, 0.3) is 10.9 Å². The van der Waals surface area contributed by atoms with Gasteiger partial charge in [0.1, 0.15) is 5.75 Å². The van der Waals surface area contributed by atoms with Gasteiger partial charge in [-0.3, -0.25) is 9.59 Å². The summed E-state index contributed by atoms with van der Waals surface area (Å²) in [5.41, 5.74) is 4.87. The molecule has 0 radical (unpaired) electrons. The summed E-state index contributed by atoms with van der Waals surface area (Å²) in [6, 6.07) is 18.1. The minimum absolute atomic E-state index is 0.0579. The number of sulfonamides is 1. The highest BCUT2D eigenvalue weighted by Gasteiger charge is 2.22. The summed E-state index contributed by atoms with van der Waals surface area (Å²) >= 11 is 0. The molecule has 0 saturated heterocycles. The number of ether oxygens (including phenoxy) is 1. The molecule has 8 nitrogen and oxygen atoms in total. The standard InChI is InChI=1S/C34H41N3O5S/c1-7-16-35-33(38)24(5)17-25-12-15-30-29(18-25)28(21-37(30)22(2)3)19-26-13-14-27(20-31(26)42-6)34(39)36-43(40,41)32-11-9-8-10-23(32)4/h8-15,18,20-22,24H,7,16-17,19H2,1-6H3,(H,35,38)(H,36,39). The number of rotatable bonds is 12. The van der Waals surface area contributed by atoms with E-state index in [1.165, 1.54) is 13.2 Å². The number of nitrogens with zero attached hydrogens (tertiary/aromatic N) is 1. The highest BCUT2D eigenvalue weighted by atomic mass is 32.2. The van der Waals surface area contributed by atoms with Gasteiger partial charge in [0.15, 0.2) is 0 Å². The van der Waals surface area contributed by atoms with Crippen molar-refractivity contribution >= 4 is 32.7 Å². The number of carbonyl (C=O) groups is 2. The Morgan fingerprint density at radius 3 is 2.40 bits per heavy atom. The lowest BCUT2D eigenvalue weighted by Crippen LogP contribution is -2.31. The molecule has 0 aliphatic heterocycles. The summed E-state index contributed by atoms with van der Waals surface area (Å²) in [4.78, 5) is 25.5. The number of benzene rings is 3. The maximum Gasteiger partial charge on any atom is 0.265 e. The largest absolute Gasteiger partial charge is 0.496 e. The second-order valence-corrected chi connectivity index (χ2v) is 13.0. The van der Waals surface area contributed by atoms with Crippen molar-refractivity contribution in [2.24, 2.45) is 5.92 Å². The maximum atomic E-state index is 13.0. The fourth-order valence-electron chi connectivity index (χ4n) is 5.27. The molecule has 0 spiro atoms. The van der Waals surface area contributed by atoms with E-state index < -0.39 is 15.9 Å². The Labute approximate surface area is 254 Å². The lowest BCUT2D eigenvalue weighted by molar-refractivity contribution is -0.124. The van der Waals surface area contributed by atoms with E-state index in [1.54, 1.807) is 43.3 Å². The molecule has 9 heteroatoms. The molecular formula is C34H41N3O5S. The van der Waals surface area contributed by atoms with Gasteiger partial charge in [-0.05, 0) is 86.2 Å². The first kappa shape index (κ1) is 31.8. The number of hydrogen-bond acceptors (Lipinski definition) is 5. The first-order valence-corrected chi connectivity index (χ1v) is 16.1. The molecule has 0 bridgehead atoms. The smallest absolute Gasteiger partial charge is 0.265 e. The van der Waals surface area contributed by atoms with E-state index in [2.05, 4.69) is 52.8 Å². The fraction of sp³-hybridized carbons (Fsp3) is 0.353. The number of hydrogen-bond donors (Lipinski definition) is 2. The number of fused-ring (bicyclic) bond motifs is 1. The van der Waals surface area contributed by atoms with Gasteiger partial charge in [-0.25, -0.2) is 13.1 Å². The van der Waals surface area contributed by atoms with Gasteiger partial charge < -0.3 is 14.6 Å². The van der Waals surface area contributed by atoms with E-state index >= 15 is 0 Å². The Hall–Kier alpha value is -4.11. The third-order valence-corrected chi connectivity index (χ3v) is 9.11. The number of amides is 2. The Balaban J connectivity index is 1.61. The Morgan fingerprint density at radius 1 is 0.977 bits per heavy atom. The first-order valence-electron chi connectivity index (χ1n) is 14.6. The van der Waals surface area contributed by atoms with E-state index in [0.717, 1.165) is 34.0 Å². The van der Waals surface area contributed by atoms with Crippen molar-refractivity contribution in [3.8, 4) is 5.75 Å². The summed E-state index contributed by atoms with van der Waals surface area (Å²) in [7, 11) is -2.50. The van der Waals surface area contributed by atoms with Crippen LogP contribution in [-0.4, -0.2) is 38.5 Å². The molecule has 0 aliphatic carbocycles. The van der Waals surface area contributed by atoms with Crippen LogP contribution in [0.5, 0.6) is 5.75 Å². The zero-order valence-corrected chi connectivity index (χ0v) is 26.5. The van der Waals surface area contributed by atoms with Crippen LogP contribution in [-0.2, 0) is 27.7 Å². The van der Waals surface area contributed by atoms with E-state index in [0.29, 0.717) is 30.7 Å². The molecule has 1 unspecified atom stereocenters. The highest BCUT2D eigenvalue weighted by Crippen LogP contribution is 2.31. The number of nitrogens with one attached hydrogen (secondary N) is 2.